The van der Waals surface area contributed by atoms with Crippen LogP contribution in [0, 0.1) is 16.7 Å². The third-order valence-corrected chi connectivity index (χ3v) is 9.11. The predicted octanol–water partition coefficient (Wildman–Crippen LogP) is 6.36. The number of amides is 2. The first-order valence-corrected chi connectivity index (χ1v) is 14.6. The van der Waals surface area contributed by atoms with Gasteiger partial charge in [0.05, 0.1) is 18.5 Å². The SMILES string of the molecule is CC1(C)CCC(N(C(=O)C(C)(C)C)C2CCN(C(=O)[C@@H]3CN(CC(F)(F)F)C[C@H]3c3ccc(Cl)cc3)C2)CC1. The first kappa shape index (κ1) is 30.2. The van der Waals surface area contributed by atoms with Crippen LogP contribution in [0.3, 0.4) is 0 Å². The van der Waals surface area contributed by atoms with Crippen LogP contribution in [0.1, 0.15) is 78.2 Å². The van der Waals surface area contributed by atoms with Gasteiger partial charge >= 0.3 is 6.18 Å². The molecule has 1 saturated carbocycles. The highest BCUT2D eigenvalue weighted by Crippen LogP contribution is 2.41. The maximum absolute atomic E-state index is 13.9. The van der Waals surface area contributed by atoms with Gasteiger partial charge in [-0.05, 0) is 55.2 Å². The first-order valence-electron chi connectivity index (χ1n) is 14.2. The lowest BCUT2D eigenvalue weighted by Crippen LogP contribution is -2.54. The summed E-state index contributed by atoms with van der Waals surface area (Å²) in [6, 6.07) is 7.14. The number of carbonyl (C=O) groups excluding carboxylic acids is 2. The molecule has 1 aromatic carbocycles. The van der Waals surface area contributed by atoms with Gasteiger partial charge in [-0.2, -0.15) is 13.2 Å². The van der Waals surface area contributed by atoms with Gasteiger partial charge in [0.15, 0.2) is 0 Å². The van der Waals surface area contributed by atoms with Crippen molar-refractivity contribution in [3.63, 3.8) is 0 Å². The van der Waals surface area contributed by atoms with Crippen LogP contribution in [0.4, 0.5) is 13.2 Å². The van der Waals surface area contributed by atoms with Gasteiger partial charge in [-0.25, -0.2) is 0 Å². The predicted molar refractivity (Wildman–Crippen MR) is 148 cm³/mol. The van der Waals surface area contributed by atoms with Crippen molar-refractivity contribution >= 4 is 23.4 Å². The molecule has 2 heterocycles. The summed E-state index contributed by atoms with van der Waals surface area (Å²) in [5, 5.41) is 0.545. The number of benzene rings is 1. The van der Waals surface area contributed by atoms with Crippen molar-refractivity contribution in [1.29, 1.82) is 0 Å². The molecule has 9 heteroatoms. The second-order valence-corrected chi connectivity index (χ2v) is 14.1. The summed E-state index contributed by atoms with van der Waals surface area (Å²) < 4.78 is 39.8. The summed E-state index contributed by atoms with van der Waals surface area (Å²) >= 11 is 6.05. The summed E-state index contributed by atoms with van der Waals surface area (Å²) in [4.78, 5) is 32.8. The number of rotatable bonds is 5. The van der Waals surface area contributed by atoms with Crippen molar-refractivity contribution in [2.75, 3.05) is 32.7 Å². The van der Waals surface area contributed by atoms with Crippen LogP contribution in [0.25, 0.3) is 0 Å². The van der Waals surface area contributed by atoms with E-state index in [0.29, 0.717) is 24.5 Å². The van der Waals surface area contributed by atoms with Crippen molar-refractivity contribution < 1.29 is 22.8 Å². The maximum Gasteiger partial charge on any atom is 0.401 e. The van der Waals surface area contributed by atoms with E-state index in [2.05, 4.69) is 18.7 Å². The van der Waals surface area contributed by atoms with Crippen LogP contribution in [-0.2, 0) is 9.59 Å². The Balaban J connectivity index is 1.52. The molecular weight excluding hydrogens is 527 g/mol. The van der Waals surface area contributed by atoms with Crippen LogP contribution in [-0.4, -0.2) is 77.5 Å². The second-order valence-electron chi connectivity index (χ2n) is 13.7. The minimum absolute atomic E-state index is 0.0646. The number of carbonyl (C=O) groups is 2. The van der Waals surface area contributed by atoms with Gasteiger partial charge in [0.2, 0.25) is 11.8 Å². The number of hydrogen-bond donors (Lipinski definition) is 0. The van der Waals surface area contributed by atoms with Crippen LogP contribution >= 0.6 is 11.6 Å². The molecule has 1 aromatic rings. The van der Waals surface area contributed by atoms with Gasteiger partial charge in [0.1, 0.15) is 0 Å². The van der Waals surface area contributed by atoms with Crippen LogP contribution in [0.15, 0.2) is 24.3 Å². The van der Waals surface area contributed by atoms with Gasteiger partial charge in [-0.3, -0.25) is 14.5 Å². The van der Waals surface area contributed by atoms with Crippen molar-refractivity contribution in [2.24, 2.45) is 16.7 Å². The fraction of sp³-hybridized carbons (Fsp3) is 0.733. The molecule has 0 spiro atoms. The van der Waals surface area contributed by atoms with E-state index in [4.69, 9.17) is 11.6 Å². The van der Waals surface area contributed by atoms with E-state index < -0.39 is 24.1 Å². The molecule has 218 valence electrons. The summed E-state index contributed by atoms with van der Waals surface area (Å²) in [5.41, 5.74) is 0.562. The lowest BCUT2D eigenvalue weighted by Gasteiger charge is -2.45. The zero-order valence-electron chi connectivity index (χ0n) is 23.9. The Bertz CT molecular complexity index is 1030. The summed E-state index contributed by atoms with van der Waals surface area (Å²) in [6.45, 7) is 10.5. The maximum atomic E-state index is 13.9. The Hall–Kier alpha value is -1.80. The fourth-order valence-corrected chi connectivity index (χ4v) is 6.77. The van der Waals surface area contributed by atoms with Crippen LogP contribution < -0.4 is 0 Å². The largest absolute Gasteiger partial charge is 0.401 e. The summed E-state index contributed by atoms with van der Waals surface area (Å²) in [6.07, 6.45) is 0.378. The Morgan fingerprint density at radius 3 is 2.15 bits per heavy atom. The average molecular weight is 570 g/mol. The first-order chi connectivity index (χ1) is 18.0. The fourth-order valence-electron chi connectivity index (χ4n) is 6.65. The van der Waals surface area contributed by atoms with Crippen LogP contribution in [0.5, 0.6) is 0 Å². The molecule has 1 aliphatic carbocycles. The molecule has 0 radical (unpaired) electrons. The lowest BCUT2D eigenvalue weighted by molar-refractivity contribution is -0.147. The molecule has 4 rings (SSSR count). The molecular formula is C30H43ClF3N3O2. The number of halogens is 4. The van der Waals surface area contributed by atoms with Gasteiger partial charge in [-0.1, -0.05) is 58.4 Å². The standard InChI is InChI=1S/C30H43ClF3N3O2/c1-28(2,3)27(39)37(22-10-13-29(4,5)14-11-22)23-12-15-36(16-23)26(38)25-18-35(19-30(32,33)34)17-24(25)20-6-8-21(31)9-7-20/h6-9,22-25H,10-19H2,1-5H3/t23?,24-,25+/m0/s1. The molecule has 1 unspecified atom stereocenters. The molecule has 3 fully saturated rings. The van der Waals surface area contributed by atoms with E-state index in [9.17, 15) is 22.8 Å². The van der Waals surface area contributed by atoms with E-state index in [-0.39, 0.29) is 48.3 Å². The minimum Gasteiger partial charge on any atom is -0.340 e. The van der Waals surface area contributed by atoms with Crippen molar-refractivity contribution in [1.82, 2.24) is 14.7 Å². The monoisotopic (exact) mass is 569 g/mol. The van der Waals surface area contributed by atoms with E-state index in [1.54, 1.807) is 17.0 Å². The number of likely N-dealkylation sites (tertiary alicyclic amines) is 2. The molecule has 3 aliphatic rings. The van der Waals surface area contributed by atoms with Gasteiger partial charge in [0.25, 0.3) is 0 Å². The summed E-state index contributed by atoms with van der Waals surface area (Å²) in [5.74, 6) is -0.920. The van der Waals surface area contributed by atoms with E-state index in [1.807, 2.05) is 32.9 Å². The Morgan fingerprint density at radius 2 is 1.59 bits per heavy atom. The van der Waals surface area contributed by atoms with Gasteiger partial charge < -0.3 is 9.80 Å². The summed E-state index contributed by atoms with van der Waals surface area (Å²) in [7, 11) is 0. The Morgan fingerprint density at radius 1 is 0.974 bits per heavy atom. The number of hydrogen-bond acceptors (Lipinski definition) is 3. The number of nitrogens with zero attached hydrogens (tertiary/aromatic N) is 3. The lowest BCUT2D eigenvalue weighted by atomic mass is 9.74. The molecule has 5 nitrogen and oxygen atoms in total. The minimum atomic E-state index is -4.33. The van der Waals surface area contributed by atoms with E-state index >= 15 is 0 Å². The topological polar surface area (TPSA) is 43.9 Å². The zero-order chi connectivity index (χ0) is 28.8. The molecule has 3 atom stereocenters. The molecule has 0 N–H and O–H groups in total. The zero-order valence-corrected chi connectivity index (χ0v) is 24.6. The second kappa shape index (κ2) is 11.2. The van der Waals surface area contributed by atoms with Crippen LogP contribution in [0.2, 0.25) is 5.02 Å². The van der Waals surface area contributed by atoms with E-state index in [1.165, 1.54) is 4.90 Å². The molecule has 0 bridgehead atoms. The van der Waals surface area contributed by atoms with Crippen molar-refractivity contribution in [3.05, 3.63) is 34.9 Å². The van der Waals surface area contributed by atoms with Gasteiger partial charge in [-0.15, -0.1) is 0 Å². The third-order valence-electron chi connectivity index (χ3n) is 8.86. The molecule has 0 aromatic heterocycles. The number of alkyl halides is 3. The molecule has 39 heavy (non-hydrogen) atoms. The molecule has 2 saturated heterocycles. The quantitative estimate of drug-likeness (QED) is 0.414. The highest BCUT2D eigenvalue weighted by atomic mass is 35.5. The normalized spacial score (nSPS) is 26.7. The van der Waals surface area contributed by atoms with Gasteiger partial charge in [0, 0.05) is 48.6 Å². The Kier molecular flexibility index (Phi) is 8.69. The highest BCUT2D eigenvalue weighted by molar-refractivity contribution is 6.30. The van der Waals surface area contributed by atoms with Crippen molar-refractivity contribution in [3.8, 4) is 0 Å². The third kappa shape index (κ3) is 7.29. The highest BCUT2D eigenvalue weighted by Gasteiger charge is 2.47. The van der Waals surface area contributed by atoms with Crippen molar-refractivity contribution in [2.45, 2.75) is 90.9 Å². The molecule has 2 amide bonds. The molecule has 2 aliphatic heterocycles. The smallest absolute Gasteiger partial charge is 0.340 e. The van der Waals surface area contributed by atoms with E-state index in [0.717, 1.165) is 31.2 Å². The Labute approximate surface area is 236 Å². The average Bonchev–Trinajstić information content (AvgIpc) is 3.46.